The number of hydrazine groups is 1. The number of rotatable bonds is 5. The number of hydrogen-bond donors (Lipinski definition) is 2. The lowest BCUT2D eigenvalue weighted by Crippen LogP contribution is -2.58. The summed E-state index contributed by atoms with van der Waals surface area (Å²) in [6, 6.07) is 13.9. The number of para-hydroxylation sites is 1. The van der Waals surface area contributed by atoms with Gasteiger partial charge in [-0.1, -0.05) is 38.1 Å². The number of nitrogens with zero attached hydrogens (tertiary/aromatic N) is 2. The predicted molar refractivity (Wildman–Crippen MR) is 117 cm³/mol. The number of benzene rings is 2. The third kappa shape index (κ3) is 4.33. The molecule has 0 saturated heterocycles. The van der Waals surface area contributed by atoms with Gasteiger partial charge in [0.25, 0.3) is 11.8 Å². The third-order valence-electron chi connectivity index (χ3n) is 5.23. The van der Waals surface area contributed by atoms with Crippen molar-refractivity contribution < 1.29 is 19.1 Å². The molecule has 0 bridgehead atoms. The largest absolute Gasteiger partial charge is 0.486 e. The summed E-state index contributed by atoms with van der Waals surface area (Å²) >= 11 is 0. The van der Waals surface area contributed by atoms with Gasteiger partial charge in [0.1, 0.15) is 19.3 Å². The fourth-order valence-corrected chi connectivity index (χ4v) is 3.60. The maximum atomic E-state index is 13.1. The maximum absolute atomic E-state index is 13.1. The van der Waals surface area contributed by atoms with E-state index < -0.39 is 6.04 Å². The molecule has 0 saturated carbocycles. The van der Waals surface area contributed by atoms with Gasteiger partial charge in [0.15, 0.2) is 11.5 Å². The van der Waals surface area contributed by atoms with Gasteiger partial charge in [-0.15, -0.1) is 0 Å². The summed E-state index contributed by atoms with van der Waals surface area (Å²) < 4.78 is 11.3. The van der Waals surface area contributed by atoms with E-state index in [0.717, 1.165) is 5.56 Å². The number of nitrogens with one attached hydrogen (secondary N) is 2. The molecule has 8 heteroatoms. The molecule has 0 unspecified atom stereocenters. The Morgan fingerprint density at radius 3 is 2.55 bits per heavy atom. The molecule has 31 heavy (non-hydrogen) atoms. The molecule has 2 aromatic carbocycles. The monoisotopic (exact) mass is 422 g/mol. The van der Waals surface area contributed by atoms with Crippen molar-refractivity contribution in [3.8, 4) is 11.5 Å². The molecule has 2 atom stereocenters. The molecular weight excluding hydrogens is 396 g/mol. The van der Waals surface area contributed by atoms with Gasteiger partial charge in [-0.3, -0.25) is 15.0 Å². The van der Waals surface area contributed by atoms with Gasteiger partial charge in [0.2, 0.25) is 5.84 Å². The van der Waals surface area contributed by atoms with E-state index in [0.29, 0.717) is 30.4 Å². The summed E-state index contributed by atoms with van der Waals surface area (Å²) in [7, 11) is 0. The molecule has 2 aromatic rings. The van der Waals surface area contributed by atoms with Crippen LogP contribution in [0.2, 0.25) is 0 Å². The minimum Gasteiger partial charge on any atom is -0.486 e. The van der Waals surface area contributed by atoms with Crippen LogP contribution in [-0.2, 0) is 9.59 Å². The van der Waals surface area contributed by atoms with Crippen LogP contribution in [0.1, 0.15) is 32.4 Å². The number of aliphatic imine (C=N–C) groups is 1. The van der Waals surface area contributed by atoms with E-state index in [1.54, 1.807) is 19.1 Å². The Morgan fingerprint density at radius 1 is 1.13 bits per heavy atom. The Labute approximate surface area is 181 Å². The van der Waals surface area contributed by atoms with Crippen LogP contribution in [0.15, 0.2) is 53.5 Å². The van der Waals surface area contributed by atoms with Crippen LogP contribution in [0, 0.1) is 5.92 Å². The first-order valence-corrected chi connectivity index (χ1v) is 10.4. The van der Waals surface area contributed by atoms with Crippen molar-refractivity contribution in [2.75, 3.05) is 18.2 Å². The van der Waals surface area contributed by atoms with Crippen molar-refractivity contribution in [1.29, 1.82) is 0 Å². The molecule has 0 radical (unpaired) electrons. The summed E-state index contributed by atoms with van der Waals surface area (Å²) in [4.78, 5) is 30.0. The summed E-state index contributed by atoms with van der Waals surface area (Å²) in [5.74, 6) is 0.974. The standard InChI is InChI=1S/C23H26N4O4/c1-14(2)20(16-9-10-18-19(13-16)31-12-11-30-18)25-22(28)21-24-15(3)23(29)27(26-21)17-7-5-4-6-8-17/h4-10,13-15,20H,11-12H2,1-3H3,(H,24,26)(H,25,28)/t15-,20+/m0/s1. The van der Waals surface area contributed by atoms with Crippen LogP contribution < -0.4 is 25.2 Å². The van der Waals surface area contributed by atoms with Crippen molar-refractivity contribution in [2.24, 2.45) is 10.9 Å². The van der Waals surface area contributed by atoms with E-state index in [2.05, 4.69) is 15.7 Å². The van der Waals surface area contributed by atoms with Gasteiger partial charge < -0.3 is 14.8 Å². The molecule has 2 aliphatic heterocycles. The number of fused-ring (bicyclic) bond motifs is 1. The summed E-state index contributed by atoms with van der Waals surface area (Å²) in [6.07, 6.45) is 0. The van der Waals surface area contributed by atoms with E-state index in [9.17, 15) is 9.59 Å². The molecule has 0 aliphatic carbocycles. The second-order valence-electron chi connectivity index (χ2n) is 7.87. The summed E-state index contributed by atoms with van der Waals surface area (Å²) in [5, 5.41) is 4.41. The second-order valence-corrected chi connectivity index (χ2v) is 7.87. The van der Waals surface area contributed by atoms with Crippen molar-refractivity contribution in [1.82, 2.24) is 10.7 Å². The van der Waals surface area contributed by atoms with Gasteiger partial charge in [-0.25, -0.2) is 10.0 Å². The molecular formula is C23H26N4O4. The van der Waals surface area contributed by atoms with Crippen molar-refractivity contribution in [3.05, 3.63) is 54.1 Å². The lowest BCUT2D eigenvalue weighted by molar-refractivity contribution is -0.120. The zero-order valence-corrected chi connectivity index (χ0v) is 17.8. The first kappa shape index (κ1) is 20.7. The van der Waals surface area contributed by atoms with Gasteiger partial charge >= 0.3 is 0 Å². The van der Waals surface area contributed by atoms with Crippen molar-refractivity contribution in [3.63, 3.8) is 0 Å². The highest BCUT2D eigenvalue weighted by atomic mass is 16.6. The molecule has 2 N–H and O–H groups in total. The van der Waals surface area contributed by atoms with Crippen LogP contribution in [0.25, 0.3) is 0 Å². The SMILES string of the molecule is CC(C)[C@@H](NC(=O)C1=N[C@@H](C)C(=O)N(c2ccccc2)N1)c1ccc2c(c1)OCCO2. The smallest absolute Gasteiger partial charge is 0.288 e. The van der Waals surface area contributed by atoms with Gasteiger partial charge in [0.05, 0.1) is 11.7 Å². The molecule has 2 amide bonds. The van der Waals surface area contributed by atoms with Crippen molar-refractivity contribution in [2.45, 2.75) is 32.9 Å². The quantitative estimate of drug-likeness (QED) is 0.773. The number of amidine groups is 1. The highest BCUT2D eigenvalue weighted by Gasteiger charge is 2.32. The molecule has 0 spiro atoms. The van der Waals surface area contributed by atoms with E-state index in [1.165, 1.54) is 5.01 Å². The molecule has 4 rings (SSSR count). The second kappa shape index (κ2) is 8.67. The van der Waals surface area contributed by atoms with E-state index in [-0.39, 0.29) is 29.6 Å². The minimum absolute atomic E-state index is 0.0964. The topological polar surface area (TPSA) is 92.3 Å². The summed E-state index contributed by atoms with van der Waals surface area (Å²) in [5.41, 5.74) is 4.43. The number of anilines is 1. The normalized spacial score (nSPS) is 18.8. The number of amides is 2. The van der Waals surface area contributed by atoms with Crippen LogP contribution in [0.3, 0.4) is 0 Å². The first-order chi connectivity index (χ1) is 14.9. The zero-order chi connectivity index (χ0) is 22.0. The average molecular weight is 422 g/mol. The van der Waals surface area contributed by atoms with Crippen LogP contribution in [0.5, 0.6) is 11.5 Å². The fourth-order valence-electron chi connectivity index (χ4n) is 3.60. The van der Waals surface area contributed by atoms with Gasteiger partial charge in [-0.05, 0) is 42.7 Å². The lowest BCUT2D eigenvalue weighted by Gasteiger charge is -2.31. The van der Waals surface area contributed by atoms with Crippen LogP contribution >= 0.6 is 0 Å². The Bertz CT molecular complexity index is 1010. The third-order valence-corrected chi connectivity index (χ3v) is 5.23. The number of hydrogen-bond acceptors (Lipinski definition) is 6. The molecule has 2 heterocycles. The molecule has 162 valence electrons. The fraction of sp³-hybridized carbons (Fsp3) is 0.348. The predicted octanol–water partition coefficient (Wildman–Crippen LogP) is 2.61. The Morgan fingerprint density at radius 2 is 1.84 bits per heavy atom. The highest BCUT2D eigenvalue weighted by Crippen LogP contribution is 2.34. The van der Waals surface area contributed by atoms with Crippen molar-refractivity contribution >= 4 is 23.3 Å². The molecule has 0 aromatic heterocycles. The van der Waals surface area contributed by atoms with Crippen LogP contribution in [-0.4, -0.2) is 36.9 Å². The summed E-state index contributed by atoms with van der Waals surface area (Å²) in [6.45, 7) is 6.75. The first-order valence-electron chi connectivity index (χ1n) is 10.4. The van der Waals surface area contributed by atoms with E-state index >= 15 is 0 Å². The van der Waals surface area contributed by atoms with E-state index in [1.807, 2.05) is 50.2 Å². The van der Waals surface area contributed by atoms with E-state index in [4.69, 9.17) is 9.47 Å². The Kier molecular flexibility index (Phi) is 5.79. The number of carbonyl (C=O) groups is 2. The van der Waals surface area contributed by atoms with Gasteiger partial charge in [0, 0.05) is 0 Å². The Hall–Kier alpha value is -3.55. The maximum Gasteiger partial charge on any atom is 0.288 e. The highest BCUT2D eigenvalue weighted by molar-refractivity contribution is 6.39. The average Bonchev–Trinajstić information content (AvgIpc) is 2.79. The molecule has 8 nitrogen and oxygen atoms in total. The minimum atomic E-state index is -0.672. The number of ether oxygens (including phenoxy) is 2. The van der Waals surface area contributed by atoms with Gasteiger partial charge in [-0.2, -0.15) is 0 Å². The lowest BCUT2D eigenvalue weighted by atomic mass is 9.95. The number of carbonyl (C=O) groups excluding carboxylic acids is 2. The zero-order valence-electron chi connectivity index (χ0n) is 17.8. The molecule has 2 aliphatic rings. The molecule has 0 fully saturated rings. The van der Waals surface area contributed by atoms with Crippen LogP contribution in [0.4, 0.5) is 5.69 Å². The Balaban J connectivity index is 1.55.